The first kappa shape index (κ1) is 20.8. The molecule has 2 N–H and O–H groups in total. The number of nitrogens with one attached hydrogen (secondary N) is 2. The highest BCUT2D eigenvalue weighted by Gasteiger charge is 2.10. The summed E-state index contributed by atoms with van der Waals surface area (Å²) >= 11 is 3.32. The summed E-state index contributed by atoms with van der Waals surface area (Å²) in [5.74, 6) is 0.813. The molecule has 0 heterocycles. The van der Waals surface area contributed by atoms with Gasteiger partial charge in [-0.05, 0) is 50.2 Å². The monoisotopic (exact) mass is 434 g/mol. The van der Waals surface area contributed by atoms with Crippen molar-refractivity contribution in [2.24, 2.45) is 0 Å². The topological polar surface area (TPSA) is 76.7 Å². The van der Waals surface area contributed by atoms with Crippen molar-refractivity contribution < 1.29 is 19.1 Å². The third-order valence-corrected chi connectivity index (χ3v) is 4.10. The van der Waals surface area contributed by atoms with E-state index in [0.717, 1.165) is 4.47 Å². The predicted octanol–water partition coefficient (Wildman–Crippen LogP) is 4.01. The first-order valence-electron chi connectivity index (χ1n) is 8.76. The summed E-state index contributed by atoms with van der Waals surface area (Å²) in [6.45, 7) is 5.06. The zero-order valence-electron chi connectivity index (χ0n) is 15.4. The molecule has 0 saturated carbocycles. The Balaban J connectivity index is 1.85. The molecule has 2 rings (SSSR count). The van der Waals surface area contributed by atoms with Gasteiger partial charge >= 0.3 is 0 Å². The summed E-state index contributed by atoms with van der Waals surface area (Å²) in [6.07, 6.45) is 0.166. The Bertz CT molecular complexity index is 778. The molecule has 2 amide bonds. The van der Waals surface area contributed by atoms with E-state index in [4.69, 9.17) is 9.47 Å². The van der Waals surface area contributed by atoms with Gasteiger partial charge in [0.25, 0.3) is 5.91 Å². The summed E-state index contributed by atoms with van der Waals surface area (Å²) in [5, 5.41) is 5.53. The molecular weight excluding hydrogens is 412 g/mol. The molecular formula is C20H23BrN2O4. The van der Waals surface area contributed by atoms with Crippen molar-refractivity contribution in [2.75, 3.05) is 25.1 Å². The molecule has 2 aromatic carbocycles. The zero-order valence-corrected chi connectivity index (χ0v) is 17.0. The highest BCUT2D eigenvalue weighted by molar-refractivity contribution is 9.10. The molecule has 2 aromatic rings. The molecule has 6 nitrogen and oxygen atoms in total. The molecule has 144 valence electrons. The summed E-state index contributed by atoms with van der Waals surface area (Å²) in [7, 11) is 0. The second kappa shape index (κ2) is 10.6. The van der Waals surface area contributed by atoms with E-state index in [2.05, 4.69) is 26.6 Å². The van der Waals surface area contributed by atoms with E-state index >= 15 is 0 Å². The Morgan fingerprint density at radius 3 is 2.30 bits per heavy atom. The van der Waals surface area contributed by atoms with Crippen LogP contribution in [0.25, 0.3) is 0 Å². The highest BCUT2D eigenvalue weighted by Crippen LogP contribution is 2.30. The van der Waals surface area contributed by atoms with Crippen LogP contribution < -0.4 is 20.1 Å². The normalized spacial score (nSPS) is 10.2. The Morgan fingerprint density at radius 1 is 0.963 bits per heavy atom. The SMILES string of the molecule is CCOc1ccc(NC(=O)CCNC(=O)c2ccc(Br)cc2)cc1OCC. The highest BCUT2D eigenvalue weighted by atomic mass is 79.9. The average molecular weight is 435 g/mol. The molecule has 0 atom stereocenters. The van der Waals surface area contributed by atoms with Gasteiger partial charge in [0, 0.05) is 34.8 Å². The Hall–Kier alpha value is -2.54. The van der Waals surface area contributed by atoms with Crippen molar-refractivity contribution in [1.29, 1.82) is 0 Å². The van der Waals surface area contributed by atoms with Crippen LogP contribution in [-0.4, -0.2) is 31.6 Å². The first-order valence-corrected chi connectivity index (χ1v) is 9.56. The van der Waals surface area contributed by atoms with Crippen LogP contribution in [0.1, 0.15) is 30.6 Å². The number of halogens is 1. The number of benzene rings is 2. The molecule has 0 aliphatic heterocycles. The van der Waals surface area contributed by atoms with Crippen LogP contribution in [0.15, 0.2) is 46.9 Å². The van der Waals surface area contributed by atoms with Gasteiger partial charge in [-0.3, -0.25) is 9.59 Å². The van der Waals surface area contributed by atoms with Gasteiger partial charge in [-0.25, -0.2) is 0 Å². The fourth-order valence-corrected chi connectivity index (χ4v) is 2.61. The van der Waals surface area contributed by atoms with Gasteiger partial charge in [0.15, 0.2) is 11.5 Å². The van der Waals surface area contributed by atoms with Gasteiger partial charge in [-0.2, -0.15) is 0 Å². The van der Waals surface area contributed by atoms with Gasteiger partial charge in [0.2, 0.25) is 5.91 Å². The number of carbonyl (C=O) groups excluding carboxylic acids is 2. The van der Waals surface area contributed by atoms with Crippen molar-refractivity contribution in [2.45, 2.75) is 20.3 Å². The van der Waals surface area contributed by atoms with E-state index < -0.39 is 0 Å². The Morgan fingerprint density at radius 2 is 1.63 bits per heavy atom. The maximum absolute atomic E-state index is 12.1. The molecule has 0 radical (unpaired) electrons. The largest absolute Gasteiger partial charge is 0.490 e. The van der Waals surface area contributed by atoms with Gasteiger partial charge in [-0.1, -0.05) is 15.9 Å². The minimum absolute atomic E-state index is 0.166. The van der Waals surface area contributed by atoms with E-state index in [1.54, 1.807) is 42.5 Å². The fourth-order valence-electron chi connectivity index (χ4n) is 2.35. The molecule has 0 aliphatic rings. The van der Waals surface area contributed by atoms with E-state index in [9.17, 15) is 9.59 Å². The standard InChI is InChI=1S/C20H23BrN2O4/c1-3-26-17-10-9-16(13-18(17)27-4-2)23-19(24)11-12-22-20(25)14-5-7-15(21)8-6-14/h5-10,13H,3-4,11-12H2,1-2H3,(H,22,25)(H,23,24). The number of amides is 2. The van der Waals surface area contributed by atoms with E-state index in [-0.39, 0.29) is 24.8 Å². The molecule has 0 bridgehead atoms. The van der Waals surface area contributed by atoms with Crippen LogP contribution in [0, 0.1) is 0 Å². The Labute approximate surface area is 167 Å². The molecule has 0 aromatic heterocycles. The van der Waals surface area contributed by atoms with Gasteiger partial charge in [0.05, 0.1) is 13.2 Å². The number of hydrogen-bond donors (Lipinski definition) is 2. The van der Waals surface area contributed by atoms with Crippen LogP contribution in [0.3, 0.4) is 0 Å². The molecule has 7 heteroatoms. The second-order valence-electron chi connectivity index (χ2n) is 5.59. The smallest absolute Gasteiger partial charge is 0.251 e. The third-order valence-electron chi connectivity index (χ3n) is 3.57. The average Bonchev–Trinajstić information content (AvgIpc) is 2.64. The summed E-state index contributed by atoms with van der Waals surface area (Å²) in [4.78, 5) is 24.1. The minimum Gasteiger partial charge on any atom is -0.490 e. The van der Waals surface area contributed by atoms with Crippen LogP contribution in [-0.2, 0) is 4.79 Å². The van der Waals surface area contributed by atoms with Crippen LogP contribution >= 0.6 is 15.9 Å². The lowest BCUT2D eigenvalue weighted by atomic mass is 10.2. The summed E-state index contributed by atoms with van der Waals surface area (Å²) in [5.41, 5.74) is 1.16. The molecule has 0 aliphatic carbocycles. The molecule has 0 saturated heterocycles. The lowest BCUT2D eigenvalue weighted by molar-refractivity contribution is -0.116. The van der Waals surface area contributed by atoms with E-state index in [1.807, 2.05) is 13.8 Å². The van der Waals surface area contributed by atoms with Crippen molar-refractivity contribution in [3.8, 4) is 11.5 Å². The quantitative estimate of drug-likeness (QED) is 0.624. The van der Waals surface area contributed by atoms with Crippen LogP contribution in [0.2, 0.25) is 0 Å². The maximum Gasteiger partial charge on any atom is 0.251 e. The predicted molar refractivity (Wildman–Crippen MR) is 109 cm³/mol. The minimum atomic E-state index is -0.213. The lowest BCUT2D eigenvalue weighted by Gasteiger charge is -2.13. The first-order chi connectivity index (χ1) is 13.0. The number of hydrogen-bond acceptors (Lipinski definition) is 4. The van der Waals surface area contributed by atoms with E-state index in [1.165, 1.54) is 0 Å². The fraction of sp³-hybridized carbons (Fsp3) is 0.300. The number of carbonyl (C=O) groups is 2. The summed E-state index contributed by atoms with van der Waals surface area (Å²) in [6, 6.07) is 12.3. The number of rotatable bonds is 9. The maximum atomic E-state index is 12.1. The zero-order chi connectivity index (χ0) is 19.6. The van der Waals surface area contributed by atoms with Crippen LogP contribution in [0.4, 0.5) is 5.69 Å². The number of ether oxygens (including phenoxy) is 2. The van der Waals surface area contributed by atoms with Gasteiger partial charge in [-0.15, -0.1) is 0 Å². The molecule has 27 heavy (non-hydrogen) atoms. The lowest BCUT2D eigenvalue weighted by Crippen LogP contribution is -2.27. The van der Waals surface area contributed by atoms with Gasteiger partial charge < -0.3 is 20.1 Å². The van der Waals surface area contributed by atoms with Gasteiger partial charge in [0.1, 0.15) is 0 Å². The van der Waals surface area contributed by atoms with Crippen molar-refractivity contribution in [1.82, 2.24) is 5.32 Å². The van der Waals surface area contributed by atoms with E-state index in [0.29, 0.717) is 36.0 Å². The molecule has 0 unspecified atom stereocenters. The summed E-state index contributed by atoms with van der Waals surface area (Å²) < 4.78 is 12.0. The van der Waals surface area contributed by atoms with Crippen molar-refractivity contribution >= 4 is 33.4 Å². The molecule has 0 spiro atoms. The van der Waals surface area contributed by atoms with Crippen LogP contribution in [0.5, 0.6) is 11.5 Å². The Kier molecular flexibility index (Phi) is 8.13. The van der Waals surface area contributed by atoms with Crippen molar-refractivity contribution in [3.05, 3.63) is 52.5 Å². The third kappa shape index (κ3) is 6.60. The molecule has 0 fully saturated rings. The second-order valence-corrected chi connectivity index (χ2v) is 6.50. The number of anilines is 1. The van der Waals surface area contributed by atoms with Crippen molar-refractivity contribution in [3.63, 3.8) is 0 Å².